The highest BCUT2D eigenvalue weighted by Gasteiger charge is 2.64. The zero-order valence-corrected chi connectivity index (χ0v) is 18.9. The van der Waals surface area contributed by atoms with Gasteiger partial charge in [-0.1, -0.05) is 12.1 Å². The first-order chi connectivity index (χ1) is 16.7. The van der Waals surface area contributed by atoms with Crippen LogP contribution in [0.1, 0.15) is 35.3 Å². The van der Waals surface area contributed by atoms with Crippen LogP contribution in [0.5, 0.6) is 11.6 Å². The first-order valence-corrected chi connectivity index (χ1v) is 11.2. The third-order valence-corrected chi connectivity index (χ3v) is 7.04. The smallest absolute Gasteiger partial charge is 0.397 e. The monoisotopic (exact) mass is 496 g/mol. The number of halogens is 4. The molecule has 11 heteroatoms. The van der Waals surface area contributed by atoms with E-state index in [4.69, 9.17) is 18.9 Å². The van der Waals surface area contributed by atoms with Crippen molar-refractivity contribution < 1.29 is 41.3 Å². The summed E-state index contributed by atoms with van der Waals surface area (Å²) < 4.78 is 75.6. The highest BCUT2D eigenvalue weighted by atomic mass is 19.4. The van der Waals surface area contributed by atoms with Crippen molar-refractivity contribution >= 4 is 5.91 Å². The molecule has 2 atom stereocenters. The number of ether oxygens (including phenoxy) is 4. The summed E-state index contributed by atoms with van der Waals surface area (Å²) in [5.74, 6) is -0.811. The van der Waals surface area contributed by atoms with Crippen molar-refractivity contribution in [2.45, 2.75) is 37.1 Å². The fourth-order valence-corrected chi connectivity index (χ4v) is 4.67. The Kier molecular flexibility index (Phi) is 5.87. The minimum Gasteiger partial charge on any atom is -0.487 e. The number of piperidine rings is 1. The number of fused-ring (bicyclic) bond motifs is 1. The van der Waals surface area contributed by atoms with Crippen molar-refractivity contribution in [3.05, 3.63) is 53.5 Å². The molecule has 0 bridgehead atoms. The summed E-state index contributed by atoms with van der Waals surface area (Å²) in [7, 11) is 1.30. The lowest BCUT2D eigenvalue weighted by Crippen LogP contribution is -2.53. The SMILES string of the molecule is COc1nc(C(=O)N2CCC3(c4cccc(F)c4)OCOC3C2)ccc1OCC1(C(F)(F)F)CC1. The molecule has 2 aromatic rings. The van der Waals surface area contributed by atoms with Gasteiger partial charge < -0.3 is 23.8 Å². The van der Waals surface area contributed by atoms with E-state index in [2.05, 4.69) is 4.98 Å². The number of likely N-dealkylation sites (tertiary alicyclic amines) is 1. The molecule has 5 rings (SSSR count). The predicted molar refractivity (Wildman–Crippen MR) is 113 cm³/mol. The number of hydrogen-bond acceptors (Lipinski definition) is 6. The number of amides is 1. The molecule has 35 heavy (non-hydrogen) atoms. The molecule has 1 aromatic heterocycles. The number of carbonyl (C=O) groups is 1. The molecule has 3 fully saturated rings. The standard InChI is InChI=1S/C24H24F4N2O5/c1-32-20-18(33-13-22(7-8-22)24(26,27)28)6-5-17(29-20)21(31)30-10-9-23(19(12-30)34-14-35-23)15-3-2-4-16(25)11-15/h2-6,11,19H,7-10,12-14H2,1H3. The van der Waals surface area contributed by atoms with E-state index in [0.29, 0.717) is 18.5 Å². The molecule has 3 heterocycles. The summed E-state index contributed by atoms with van der Waals surface area (Å²) >= 11 is 0. The summed E-state index contributed by atoms with van der Waals surface area (Å²) in [6, 6.07) is 8.93. The number of aromatic nitrogens is 1. The Morgan fingerprint density at radius 1 is 1.23 bits per heavy atom. The van der Waals surface area contributed by atoms with Crippen LogP contribution in [0, 0.1) is 11.2 Å². The van der Waals surface area contributed by atoms with Gasteiger partial charge in [0.25, 0.3) is 11.8 Å². The van der Waals surface area contributed by atoms with Gasteiger partial charge >= 0.3 is 6.18 Å². The molecule has 1 aromatic carbocycles. The number of pyridine rings is 1. The largest absolute Gasteiger partial charge is 0.487 e. The summed E-state index contributed by atoms with van der Waals surface area (Å²) in [5, 5.41) is 0. The van der Waals surface area contributed by atoms with E-state index in [0.717, 1.165) is 0 Å². The van der Waals surface area contributed by atoms with Gasteiger partial charge in [0.1, 0.15) is 42.0 Å². The van der Waals surface area contributed by atoms with E-state index in [-0.39, 0.29) is 49.3 Å². The minimum absolute atomic E-state index is 0.0157. The normalized spacial score (nSPS) is 25.2. The Hall–Kier alpha value is -2.92. The number of hydrogen-bond donors (Lipinski definition) is 0. The maximum absolute atomic E-state index is 13.8. The molecule has 1 amide bonds. The van der Waals surface area contributed by atoms with Crippen LogP contribution >= 0.6 is 0 Å². The number of carbonyl (C=O) groups excluding carboxylic acids is 1. The molecule has 7 nitrogen and oxygen atoms in total. The topological polar surface area (TPSA) is 70.1 Å². The van der Waals surface area contributed by atoms with Gasteiger partial charge in [-0.15, -0.1) is 0 Å². The molecule has 188 valence electrons. The Morgan fingerprint density at radius 2 is 2.03 bits per heavy atom. The van der Waals surface area contributed by atoms with Gasteiger partial charge in [0.05, 0.1) is 13.7 Å². The Bertz CT molecular complexity index is 1120. The minimum atomic E-state index is -4.34. The van der Waals surface area contributed by atoms with Crippen molar-refractivity contribution in [3.8, 4) is 11.6 Å². The third kappa shape index (κ3) is 4.20. The Morgan fingerprint density at radius 3 is 2.71 bits per heavy atom. The van der Waals surface area contributed by atoms with E-state index in [1.807, 2.05) is 0 Å². The van der Waals surface area contributed by atoms with Gasteiger partial charge in [-0.25, -0.2) is 9.37 Å². The van der Waals surface area contributed by atoms with E-state index < -0.39 is 35.8 Å². The molecule has 1 aliphatic carbocycles. The average molecular weight is 496 g/mol. The zero-order valence-electron chi connectivity index (χ0n) is 18.9. The summed E-state index contributed by atoms with van der Waals surface area (Å²) in [6.07, 6.45) is -4.41. The lowest BCUT2D eigenvalue weighted by atomic mass is 9.82. The molecule has 3 aliphatic rings. The fourth-order valence-electron chi connectivity index (χ4n) is 4.67. The van der Waals surface area contributed by atoms with Gasteiger partial charge in [0, 0.05) is 13.0 Å². The first kappa shape index (κ1) is 23.8. The van der Waals surface area contributed by atoms with Crippen molar-refractivity contribution in [3.63, 3.8) is 0 Å². The highest BCUT2D eigenvalue weighted by molar-refractivity contribution is 5.92. The van der Waals surface area contributed by atoms with Crippen LogP contribution in [-0.4, -0.2) is 61.7 Å². The number of alkyl halides is 3. The molecule has 2 unspecified atom stereocenters. The molecular formula is C24H24F4N2O5. The number of benzene rings is 1. The van der Waals surface area contributed by atoms with E-state index in [9.17, 15) is 22.4 Å². The maximum Gasteiger partial charge on any atom is 0.397 e. The Labute approximate surface area is 198 Å². The lowest BCUT2D eigenvalue weighted by Gasteiger charge is -2.41. The van der Waals surface area contributed by atoms with E-state index >= 15 is 0 Å². The van der Waals surface area contributed by atoms with E-state index in [1.165, 1.54) is 31.4 Å². The lowest BCUT2D eigenvalue weighted by molar-refractivity contribution is -0.194. The summed E-state index contributed by atoms with van der Waals surface area (Å²) in [4.78, 5) is 18.9. The fraction of sp³-hybridized carbons (Fsp3) is 0.500. The van der Waals surface area contributed by atoms with Crippen molar-refractivity contribution in [1.82, 2.24) is 9.88 Å². The number of rotatable bonds is 6. The third-order valence-electron chi connectivity index (χ3n) is 7.04. The van der Waals surface area contributed by atoms with Crippen LogP contribution in [0.15, 0.2) is 36.4 Å². The van der Waals surface area contributed by atoms with Crippen LogP contribution in [0.3, 0.4) is 0 Å². The van der Waals surface area contributed by atoms with Gasteiger partial charge in [-0.3, -0.25) is 4.79 Å². The second-order valence-corrected chi connectivity index (χ2v) is 9.09. The molecule has 0 N–H and O–H groups in total. The van der Waals surface area contributed by atoms with Gasteiger partial charge in [0.2, 0.25) is 0 Å². The quantitative estimate of drug-likeness (QED) is 0.562. The van der Waals surface area contributed by atoms with Crippen LogP contribution in [0.4, 0.5) is 17.6 Å². The summed E-state index contributed by atoms with van der Waals surface area (Å²) in [5.41, 5.74) is -1.97. The van der Waals surface area contributed by atoms with Crippen LogP contribution in [0.2, 0.25) is 0 Å². The number of methoxy groups -OCH3 is 1. The highest BCUT2D eigenvalue weighted by Crippen LogP contribution is 2.57. The molecule has 2 aliphatic heterocycles. The molecule has 2 saturated heterocycles. The van der Waals surface area contributed by atoms with Crippen molar-refractivity contribution in [2.75, 3.05) is 33.6 Å². The first-order valence-electron chi connectivity index (χ1n) is 11.2. The van der Waals surface area contributed by atoms with Gasteiger partial charge in [0.15, 0.2) is 5.75 Å². The molecule has 0 radical (unpaired) electrons. The predicted octanol–water partition coefficient (Wildman–Crippen LogP) is 4.06. The zero-order chi connectivity index (χ0) is 24.8. The van der Waals surface area contributed by atoms with Crippen LogP contribution in [0.25, 0.3) is 0 Å². The van der Waals surface area contributed by atoms with Crippen LogP contribution < -0.4 is 9.47 Å². The second-order valence-electron chi connectivity index (χ2n) is 9.09. The van der Waals surface area contributed by atoms with Crippen molar-refractivity contribution in [2.24, 2.45) is 5.41 Å². The Balaban J connectivity index is 1.29. The van der Waals surface area contributed by atoms with E-state index in [1.54, 1.807) is 17.0 Å². The summed E-state index contributed by atoms with van der Waals surface area (Å²) in [6.45, 7) is 0.00707. The molecular weight excluding hydrogens is 472 g/mol. The van der Waals surface area contributed by atoms with Crippen LogP contribution in [-0.2, 0) is 15.1 Å². The average Bonchev–Trinajstić information content (AvgIpc) is 3.53. The van der Waals surface area contributed by atoms with Gasteiger partial charge in [-0.2, -0.15) is 13.2 Å². The second kappa shape index (κ2) is 8.63. The molecule has 1 saturated carbocycles. The maximum atomic E-state index is 13.8. The van der Waals surface area contributed by atoms with Gasteiger partial charge in [-0.05, 0) is 42.7 Å². The number of nitrogens with zero attached hydrogens (tertiary/aromatic N) is 2. The van der Waals surface area contributed by atoms with Crippen molar-refractivity contribution in [1.29, 1.82) is 0 Å². The molecule has 0 spiro atoms.